The summed E-state index contributed by atoms with van der Waals surface area (Å²) in [6.45, 7) is 4.87. The molecule has 198 valence electrons. The molecule has 1 aliphatic rings. The Labute approximate surface area is 218 Å². The van der Waals surface area contributed by atoms with E-state index in [-0.39, 0.29) is 0 Å². The number of aromatic nitrogens is 5. The summed E-state index contributed by atoms with van der Waals surface area (Å²) in [5, 5.41) is 27.0. The predicted octanol–water partition coefficient (Wildman–Crippen LogP) is 1.57. The van der Waals surface area contributed by atoms with Crippen LogP contribution in [0.4, 0.5) is 5.82 Å². The maximum atomic E-state index is 12.2. The van der Waals surface area contributed by atoms with Gasteiger partial charge in [-0.15, -0.1) is 0 Å². The Balaban J connectivity index is 1.58. The first-order valence-electron chi connectivity index (χ1n) is 12.2. The fourth-order valence-electron chi connectivity index (χ4n) is 4.40. The first kappa shape index (κ1) is 25.5. The molecule has 4 heterocycles. The van der Waals surface area contributed by atoms with Gasteiger partial charge in [0.25, 0.3) is 5.91 Å². The number of nitrogens with zero attached hydrogens (tertiary/aromatic N) is 5. The number of nitrogens with one attached hydrogen (secondary N) is 2. The van der Waals surface area contributed by atoms with Crippen LogP contribution >= 0.6 is 0 Å². The van der Waals surface area contributed by atoms with E-state index in [1.807, 2.05) is 32.0 Å². The molecule has 12 heteroatoms. The van der Waals surface area contributed by atoms with Crippen molar-refractivity contribution in [3.63, 3.8) is 0 Å². The highest BCUT2D eigenvalue weighted by atomic mass is 16.6. The number of aliphatic hydroxyl groups excluding tert-OH is 2. The normalized spacial score (nSPS) is 21.0. The van der Waals surface area contributed by atoms with Gasteiger partial charge in [-0.25, -0.2) is 15.0 Å². The molecular weight excluding hydrogens is 490 g/mol. The molecular formula is C26H29N7O5. The second-order valence-electron chi connectivity index (χ2n) is 8.95. The Morgan fingerprint density at radius 1 is 1.18 bits per heavy atom. The number of amides is 1. The average molecular weight is 520 g/mol. The van der Waals surface area contributed by atoms with Crippen LogP contribution in [0.3, 0.4) is 0 Å². The van der Waals surface area contributed by atoms with E-state index in [0.29, 0.717) is 47.3 Å². The Bertz CT molecular complexity index is 1460. The van der Waals surface area contributed by atoms with Crippen LogP contribution in [0.1, 0.15) is 24.3 Å². The Morgan fingerprint density at radius 2 is 2.03 bits per heavy atom. The van der Waals surface area contributed by atoms with Gasteiger partial charge in [-0.3, -0.25) is 14.3 Å². The minimum Gasteiger partial charge on any atom is -0.492 e. The second-order valence-corrected chi connectivity index (χ2v) is 8.95. The predicted molar refractivity (Wildman–Crippen MR) is 138 cm³/mol. The number of pyridine rings is 1. The van der Waals surface area contributed by atoms with E-state index >= 15 is 0 Å². The van der Waals surface area contributed by atoms with Crippen LogP contribution in [-0.4, -0.2) is 72.6 Å². The van der Waals surface area contributed by atoms with Crippen LogP contribution in [0.2, 0.25) is 0 Å². The van der Waals surface area contributed by atoms with E-state index in [4.69, 9.17) is 19.4 Å². The van der Waals surface area contributed by atoms with Gasteiger partial charge < -0.3 is 30.3 Å². The number of aryl methyl sites for hydroxylation is 1. The number of aliphatic hydroxyl groups is 2. The molecule has 0 aliphatic carbocycles. The van der Waals surface area contributed by atoms with E-state index in [9.17, 15) is 15.0 Å². The van der Waals surface area contributed by atoms with Gasteiger partial charge in [-0.2, -0.15) is 0 Å². The fourth-order valence-corrected chi connectivity index (χ4v) is 4.40. The van der Waals surface area contributed by atoms with Crippen LogP contribution in [0, 0.1) is 6.92 Å². The molecule has 4 N–H and O–H groups in total. The smallest absolute Gasteiger partial charge is 0.251 e. The molecule has 1 amide bonds. The second kappa shape index (κ2) is 10.7. The Hall–Kier alpha value is -4.13. The minimum absolute atomic E-state index is 0.343. The molecule has 0 spiro atoms. The fraction of sp³-hybridized carbons (Fsp3) is 0.346. The third-order valence-electron chi connectivity index (χ3n) is 6.26. The minimum atomic E-state index is -1.43. The number of fused-ring (bicyclic) bond motifs is 1. The SMILES string of the molecule is CCOc1cncc(-c2nc(NCc3cccc(C)c3)c3ncn([C@@H]4O[C@H](C(=O)NC)[C@@H](O)[C@H]4O)c3n2)c1. The molecule has 0 radical (unpaired) electrons. The lowest BCUT2D eigenvalue weighted by molar-refractivity contribution is -0.137. The molecule has 1 fully saturated rings. The highest BCUT2D eigenvalue weighted by molar-refractivity contribution is 5.85. The number of ether oxygens (including phenoxy) is 2. The Morgan fingerprint density at radius 3 is 2.79 bits per heavy atom. The van der Waals surface area contributed by atoms with Crippen molar-refractivity contribution < 1.29 is 24.5 Å². The number of benzene rings is 1. The zero-order chi connectivity index (χ0) is 26.8. The van der Waals surface area contributed by atoms with Crippen molar-refractivity contribution in [1.82, 2.24) is 29.8 Å². The van der Waals surface area contributed by atoms with E-state index in [2.05, 4.69) is 26.7 Å². The van der Waals surface area contributed by atoms with Gasteiger partial charge in [0.05, 0.1) is 19.1 Å². The highest BCUT2D eigenvalue weighted by Gasteiger charge is 2.47. The van der Waals surface area contributed by atoms with Crippen LogP contribution in [-0.2, 0) is 16.1 Å². The summed E-state index contributed by atoms with van der Waals surface area (Å²) in [5.41, 5.74) is 3.59. The number of imidazole rings is 1. The van der Waals surface area contributed by atoms with E-state index in [1.165, 1.54) is 17.9 Å². The van der Waals surface area contributed by atoms with E-state index < -0.39 is 30.4 Å². The summed E-state index contributed by atoms with van der Waals surface area (Å²) in [7, 11) is 1.43. The highest BCUT2D eigenvalue weighted by Crippen LogP contribution is 2.34. The molecule has 1 aliphatic heterocycles. The summed E-state index contributed by atoms with van der Waals surface area (Å²) in [5.74, 6) is 0.833. The molecule has 1 saturated heterocycles. The standard InChI is InChI=1S/C26H29N7O5/c1-4-37-17-9-16(11-28-12-17)22-31-23(29-10-15-7-5-6-14(2)8-15)18-24(32-22)33(13-30-18)26-20(35)19(34)21(38-26)25(36)27-3/h5-9,11-13,19-21,26,34-35H,4,10H2,1-3H3,(H,27,36)(H,29,31,32)/t19-,20+,21-,26+/m0/s1. The van der Waals surface area contributed by atoms with Crippen molar-refractivity contribution in [2.45, 2.75) is 44.9 Å². The van der Waals surface area contributed by atoms with Crippen molar-refractivity contribution in [3.8, 4) is 17.1 Å². The summed E-state index contributed by atoms with van der Waals surface area (Å²) in [6.07, 6.45) is -0.480. The molecule has 12 nitrogen and oxygen atoms in total. The number of rotatable bonds is 8. The van der Waals surface area contributed by atoms with Crippen molar-refractivity contribution in [3.05, 3.63) is 60.2 Å². The number of anilines is 1. The average Bonchev–Trinajstić information content (AvgIpc) is 3.47. The molecule has 4 atom stereocenters. The first-order valence-corrected chi connectivity index (χ1v) is 12.2. The van der Waals surface area contributed by atoms with Gasteiger partial charge in [0.15, 0.2) is 35.1 Å². The lowest BCUT2D eigenvalue weighted by atomic mass is 10.1. The largest absolute Gasteiger partial charge is 0.492 e. The summed E-state index contributed by atoms with van der Waals surface area (Å²) in [4.78, 5) is 30.4. The van der Waals surface area contributed by atoms with Gasteiger partial charge in [-0.05, 0) is 25.5 Å². The summed E-state index contributed by atoms with van der Waals surface area (Å²) < 4.78 is 12.9. The molecule has 1 aromatic carbocycles. The van der Waals surface area contributed by atoms with Crippen molar-refractivity contribution in [1.29, 1.82) is 0 Å². The van der Waals surface area contributed by atoms with Gasteiger partial charge in [0.2, 0.25) is 0 Å². The molecule has 5 rings (SSSR count). The molecule has 0 bridgehead atoms. The zero-order valence-corrected chi connectivity index (χ0v) is 21.2. The van der Waals surface area contributed by atoms with Crippen LogP contribution < -0.4 is 15.4 Å². The van der Waals surface area contributed by atoms with Gasteiger partial charge >= 0.3 is 0 Å². The third kappa shape index (κ3) is 4.88. The van der Waals surface area contributed by atoms with Gasteiger partial charge in [0.1, 0.15) is 18.0 Å². The maximum Gasteiger partial charge on any atom is 0.251 e. The van der Waals surface area contributed by atoms with Crippen molar-refractivity contribution in [2.24, 2.45) is 0 Å². The maximum absolute atomic E-state index is 12.2. The molecule has 4 aromatic rings. The number of carbonyl (C=O) groups is 1. The number of carbonyl (C=O) groups excluding carboxylic acids is 1. The number of hydrogen-bond acceptors (Lipinski definition) is 10. The number of hydrogen-bond donors (Lipinski definition) is 4. The summed E-state index contributed by atoms with van der Waals surface area (Å²) in [6, 6.07) is 9.88. The lowest BCUT2D eigenvalue weighted by Gasteiger charge is -2.17. The van der Waals surface area contributed by atoms with Crippen LogP contribution in [0.15, 0.2) is 49.1 Å². The van der Waals surface area contributed by atoms with Gasteiger partial charge in [0, 0.05) is 25.4 Å². The number of likely N-dealkylation sites (N-methyl/N-ethyl adjacent to an activating group) is 1. The van der Waals surface area contributed by atoms with Crippen molar-refractivity contribution in [2.75, 3.05) is 19.0 Å². The van der Waals surface area contributed by atoms with E-state index in [1.54, 1.807) is 18.5 Å². The topological polar surface area (TPSA) is 157 Å². The summed E-state index contributed by atoms with van der Waals surface area (Å²) >= 11 is 0. The van der Waals surface area contributed by atoms with Crippen LogP contribution in [0.25, 0.3) is 22.6 Å². The quantitative estimate of drug-likeness (QED) is 0.269. The lowest BCUT2D eigenvalue weighted by Crippen LogP contribution is -2.41. The van der Waals surface area contributed by atoms with E-state index in [0.717, 1.165) is 11.1 Å². The monoisotopic (exact) mass is 519 g/mol. The van der Waals surface area contributed by atoms with Crippen molar-refractivity contribution >= 4 is 22.9 Å². The molecule has 38 heavy (non-hydrogen) atoms. The Kier molecular flexibility index (Phi) is 7.18. The van der Waals surface area contributed by atoms with Gasteiger partial charge in [-0.1, -0.05) is 29.8 Å². The zero-order valence-electron chi connectivity index (χ0n) is 21.2. The molecule has 3 aromatic heterocycles. The third-order valence-corrected chi connectivity index (χ3v) is 6.26. The molecule has 0 unspecified atom stereocenters. The van der Waals surface area contributed by atoms with Crippen LogP contribution in [0.5, 0.6) is 5.75 Å². The first-order chi connectivity index (χ1) is 18.4. The molecule has 0 saturated carbocycles.